The van der Waals surface area contributed by atoms with Gasteiger partial charge in [-0.2, -0.15) is 0 Å². The zero-order chi connectivity index (χ0) is 12.4. The molecule has 0 radical (unpaired) electrons. The van der Waals surface area contributed by atoms with Crippen molar-refractivity contribution in [2.24, 2.45) is 5.73 Å². The summed E-state index contributed by atoms with van der Waals surface area (Å²) in [6.45, 7) is 1.37. The van der Waals surface area contributed by atoms with Crippen LogP contribution in [-0.2, 0) is 0 Å². The van der Waals surface area contributed by atoms with E-state index in [9.17, 15) is 4.79 Å². The molecule has 0 unspecified atom stereocenters. The quantitative estimate of drug-likeness (QED) is 0.843. The molecule has 1 saturated heterocycles. The molecule has 1 aliphatic rings. The standard InChI is InChI=1S/C12H14BrClN2O.ClH/c13-10-5-1-4-9(11(10)14)12(17)16-6-2-3-8(15)7-16;/h1,4-5,8H,2-3,6-7,15H2;1H/t8-;/m1./s1. The third kappa shape index (κ3) is 3.38. The van der Waals surface area contributed by atoms with Gasteiger partial charge in [0.1, 0.15) is 0 Å². The van der Waals surface area contributed by atoms with Crippen molar-refractivity contribution in [2.75, 3.05) is 13.1 Å². The van der Waals surface area contributed by atoms with Crippen LogP contribution in [0.4, 0.5) is 0 Å². The van der Waals surface area contributed by atoms with Crippen molar-refractivity contribution in [1.82, 2.24) is 4.90 Å². The SMILES string of the molecule is Cl.N[C@@H]1CCCN(C(=O)c2cccc(Br)c2Cl)C1. The smallest absolute Gasteiger partial charge is 0.255 e. The number of nitrogens with two attached hydrogens (primary N) is 1. The number of carbonyl (C=O) groups is 1. The van der Waals surface area contributed by atoms with Crippen LogP contribution in [0.1, 0.15) is 23.2 Å². The van der Waals surface area contributed by atoms with Crippen molar-refractivity contribution in [2.45, 2.75) is 18.9 Å². The monoisotopic (exact) mass is 352 g/mol. The third-order valence-corrected chi connectivity index (χ3v) is 4.22. The third-order valence-electron chi connectivity index (χ3n) is 2.93. The van der Waals surface area contributed by atoms with Gasteiger partial charge in [0.25, 0.3) is 5.91 Å². The second-order valence-electron chi connectivity index (χ2n) is 4.25. The minimum absolute atomic E-state index is 0. The molecule has 0 bridgehead atoms. The van der Waals surface area contributed by atoms with Gasteiger partial charge in [0.2, 0.25) is 0 Å². The fourth-order valence-corrected chi connectivity index (χ4v) is 2.61. The van der Waals surface area contributed by atoms with Crippen molar-refractivity contribution >= 4 is 45.8 Å². The van der Waals surface area contributed by atoms with E-state index in [4.69, 9.17) is 17.3 Å². The lowest BCUT2D eigenvalue weighted by Gasteiger charge is -2.31. The number of hydrogen-bond donors (Lipinski definition) is 1. The molecular formula is C12H15BrCl2N2O. The summed E-state index contributed by atoms with van der Waals surface area (Å²) in [5.74, 6) is -0.0357. The van der Waals surface area contributed by atoms with Gasteiger partial charge in [-0.05, 0) is 40.9 Å². The van der Waals surface area contributed by atoms with Gasteiger partial charge in [-0.3, -0.25) is 4.79 Å². The predicted molar refractivity (Wildman–Crippen MR) is 79.5 cm³/mol. The first-order valence-electron chi connectivity index (χ1n) is 5.58. The van der Waals surface area contributed by atoms with Crippen LogP contribution in [0.5, 0.6) is 0 Å². The molecule has 1 atom stereocenters. The number of amides is 1. The molecule has 0 aliphatic carbocycles. The predicted octanol–water partition coefficient (Wildman–Crippen LogP) is 3.09. The van der Waals surface area contributed by atoms with Crippen LogP contribution in [0.15, 0.2) is 22.7 Å². The van der Waals surface area contributed by atoms with Crippen LogP contribution in [0.25, 0.3) is 0 Å². The highest BCUT2D eigenvalue weighted by atomic mass is 79.9. The average molecular weight is 354 g/mol. The summed E-state index contributed by atoms with van der Waals surface area (Å²) in [6, 6.07) is 5.46. The molecular weight excluding hydrogens is 339 g/mol. The zero-order valence-corrected chi connectivity index (χ0v) is 12.9. The Hall–Kier alpha value is -0.290. The fraction of sp³-hybridized carbons (Fsp3) is 0.417. The summed E-state index contributed by atoms with van der Waals surface area (Å²) in [4.78, 5) is 14.1. The van der Waals surface area contributed by atoms with Crippen LogP contribution in [0.2, 0.25) is 5.02 Å². The van der Waals surface area contributed by atoms with E-state index in [2.05, 4.69) is 15.9 Å². The number of halogens is 3. The van der Waals surface area contributed by atoms with Crippen molar-refractivity contribution in [3.05, 3.63) is 33.3 Å². The highest BCUT2D eigenvalue weighted by Gasteiger charge is 2.24. The molecule has 2 N–H and O–H groups in total. The van der Waals surface area contributed by atoms with Gasteiger partial charge in [0.15, 0.2) is 0 Å². The van der Waals surface area contributed by atoms with Gasteiger partial charge in [-0.1, -0.05) is 17.7 Å². The Morgan fingerprint density at radius 2 is 2.22 bits per heavy atom. The Bertz CT molecular complexity index is 442. The molecule has 1 aromatic carbocycles. The molecule has 1 fully saturated rings. The van der Waals surface area contributed by atoms with Gasteiger partial charge in [-0.15, -0.1) is 12.4 Å². The van der Waals surface area contributed by atoms with Crippen LogP contribution in [0.3, 0.4) is 0 Å². The summed E-state index contributed by atoms with van der Waals surface area (Å²) < 4.78 is 0.742. The molecule has 1 aliphatic heterocycles. The number of piperidine rings is 1. The average Bonchev–Trinajstić information content (AvgIpc) is 2.32. The fourth-order valence-electron chi connectivity index (χ4n) is 2.03. The highest BCUT2D eigenvalue weighted by Crippen LogP contribution is 2.27. The van der Waals surface area contributed by atoms with Gasteiger partial charge in [0.05, 0.1) is 10.6 Å². The summed E-state index contributed by atoms with van der Waals surface area (Å²) in [7, 11) is 0. The number of likely N-dealkylation sites (tertiary alicyclic amines) is 1. The van der Waals surface area contributed by atoms with Gasteiger partial charge in [0, 0.05) is 23.6 Å². The largest absolute Gasteiger partial charge is 0.337 e. The molecule has 2 rings (SSSR count). The molecule has 1 heterocycles. The maximum absolute atomic E-state index is 12.3. The number of benzene rings is 1. The summed E-state index contributed by atoms with van der Waals surface area (Å²) >= 11 is 9.44. The summed E-state index contributed by atoms with van der Waals surface area (Å²) in [5.41, 5.74) is 6.41. The summed E-state index contributed by atoms with van der Waals surface area (Å²) in [5, 5.41) is 0.469. The van der Waals surface area contributed by atoms with E-state index >= 15 is 0 Å². The molecule has 1 aromatic rings. The molecule has 100 valence electrons. The van der Waals surface area contributed by atoms with E-state index in [1.807, 2.05) is 12.1 Å². The molecule has 18 heavy (non-hydrogen) atoms. The number of rotatable bonds is 1. The molecule has 0 saturated carbocycles. The Morgan fingerprint density at radius 3 is 2.89 bits per heavy atom. The maximum Gasteiger partial charge on any atom is 0.255 e. The van der Waals surface area contributed by atoms with Crippen molar-refractivity contribution in [3.8, 4) is 0 Å². The lowest BCUT2D eigenvalue weighted by atomic mass is 10.1. The minimum Gasteiger partial charge on any atom is -0.337 e. The van der Waals surface area contributed by atoms with Crippen LogP contribution < -0.4 is 5.73 Å². The van der Waals surface area contributed by atoms with E-state index in [0.717, 1.165) is 23.9 Å². The van der Waals surface area contributed by atoms with Crippen LogP contribution >= 0.6 is 39.9 Å². The van der Waals surface area contributed by atoms with Gasteiger partial charge in [-0.25, -0.2) is 0 Å². The Labute approximate surface area is 126 Å². The van der Waals surface area contributed by atoms with E-state index < -0.39 is 0 Å². The van der Waals surface area contributed by atoms with Crippen molar-refractivity contribution in [3.63, 3.8) is 0 Å². The van der Waals surface area contributed by atoms with Crippen molar-refractivity contribution in [1.29, 1.82) is 0 Å². The van der Waals surface area contributed by atoms with Gasteiger partial charge >= 0.3 is 0 Å². The molecule has 0 spiro atoms. The first kappa shape index (κ1) is 15.8. The number of carbonyl (C=O) groups excluding carboxylic acids is 1. The highest BCUT2D eigenvalue weighted by molar-refractivity contribution is 9.10. The first-order valence-corrected chi connectivity index (χ1v) is 6.75. The van der Waals surface area contributed by atoms with Crippen LogP contribution in [0, 0.1) is 0 Å². The zero-order valence-electron chi connectivity index (χ0n) is 9.73. The Morgan fingerprint density at radius 1 is 1.50 bits per heavy atom. The maximum atomic E-state index is 12.3. The lowest BCUT2D eigenvalue weighted by Crippen LogP contribution is -2.45. The Balaban J connectivity index is 0.00000162. The van der Waals surface area contributed by atoms with E-state index in [1.54, 1.807) is 11.0 Å². The number of nitrogens with zero attached hydrogens (tertiary/aromatic N) is 1. The topological polar surface area (TPSA) is 46.3 Å². The number of hydrogen-bond acceptors (Lipinski definition) is 2. The minimum atomic E-state index is -0.0357. The van der Waals surface area contributed by atoms with E-state index in [1.165, 1.54) is 0 Å². The molecule has 6 heteroatoms. The molecule has 1 amide bonds. The lowest BCUT2D eigenvalue weighted by molar-refractivity contribution is 0.0709. The summed E-state index contributed by atoms with van der Waals surface area (Å²) in [6.07, 6.45) is 1.94. The second kappa shape index (κ2) is 6.75. The van der Waals surface area contributed by atoms with E-state index in [0.29, 0.717) is 17.1 Å². The van der Waals surface area contributed by atoms with E-state index in [-0.39, 0.29) is 24.4 Å². The second-order valence-corrected chi connectivity index (χ2v) is 5.49. The first-order chi connectivity index (χ1) is 8.09. The Kier molecular flexibility index (Phi) is 5.92. The van der Waals surface area contributed by atoms with Gasteiger partial charge < -0.3 is 10.6 Å². The van der Waals surface area contributed by atoms with Crippen LogP contribution in [-0.4, -0.2) is 29.9 Å². The van der Waals surface area contributed by atoms with Crippen molar-refractivity contribution < 1.29 is 4.79 Å². The molecule has 0 aromatic heterocycles. The normalized spacial score (nSPS) is 19.3. The molecule has 3 nitrogen and oxygen atoms in total.